The molecule has 4 heteroatoms. The summed E-state index contributed by atoms with van der Waals surface area (Å²) in [5, 5.41) is 0. The van der Waals surface area contributed by atoms with Crippen molar-refractivity contribution in [3.05, 3.63) is 23.8 Å². The van der Waals surface area contributed by atoms with Crippen LogP contribution in [0.2, 0.25) is 0 Å². The Bertz CT molecular complexity index is 574. The van der Waals surface area contributed by atoms with Crippen LogP contribution < -0.4 is 10.6 Å². The number of rotatable bonds is 2. The highest BCUT2D eigenvalue weighted by Gasteiger charge is 2.38. The van der Waals surface area contributed by atoms with Gasteiger partial charge in [0.2, 0.25) is 5.91 Å². The van der Waals surface area contributed by atoms with Crippen molar-refractivity contribution in [3.8, 4) is 0 Å². The number of carbonyl (C=O) groups is 1. The molecule has 1 saturated heterocycles. The maximum absolute atomic E-state index is 12.8. The van der Waals surface area contributed by atoms with E-state index in [4.69, 9.17) is 5.73 Å². The van der Waals surface area contributed by atoms with Gasteiger partial charge in [0.15, 0.2) is 0 Å². The van der Waals surface area contributed by atoms with Crippen molar-refractivity contribution in [3.63, 3.8) is 0 Å². The number of piperidine rings is 1. The van der Waals surface area contributed by atoms with Crippen molar-refractivity contribution in [1.29, 1.82) is 0 Å². The summed E-state index contributed by atoms with van der Waals surface area (Å²) < 4.78 is 0. The van der Waals surface area contributed by atoms with Crippen LogP contribution in [0.5, 0.6) is 0 Å². The molecule has 2 heterocycles. The number of amides is 1. The first kappa shape index (κ1) is 15.3. The topological polar surface area (TPSA) is 49.6 Å². The molecule has 22 heavy (non-hydrogen) atoms. The van der Waals surface area contributed by atoms with Gasteiger partial charge in [0, 0.05) is 23.3 Å². The molecule has 0 saturated carbocycles. The number of benzene rings is 1. The number of carbonyl (C=O) groups excluding carboxylic acids is 1. The van der Waals surface area contributed by atoms with E-state index in [0.717, 1.165) is 36.9 Å². The minimum Gasteiger partial charge on any atom is -0.399 e. The fourth-order valence-electron chi connectivity index (χ4n) is 3.63. The molecule has 1 fully saturated rings. The van der Waals surface area contributed by atoms with E-state index in [0.29, 0.717) is 6.54 Å². The van der Waals surface area contributed by atoms with Crippen molar-refractivity contribution < 1.29 is 4.79 Å². The Kier molecular flexibility index (Phi) is 3.89. The van der Waals surface area contributed by atoms with E-state index in [1.54, 1.807) is 0 Å². The predicted molar refractivity (Wildman–Crippen MR) is 91.1 cm³/mol. The first-order chi connectivity index (χ1) is 10.4. The van der Waals surface area contributed by atoms with Gasteiger partial charge in [-0.1, -0.05) is 26.8 Å². The minimum absolute atomic E-state index is 0.00486. The molecule has 1 amide bonds. The zero-order chi connectivity index (χ0) is 15.9. The standard InChI is InChI=1S/C18H27N3O/c1-13-6-8-20(9-7-13)11-17(22)21-12-18(2,3)15-5-4-14(19)10-16(15)21/h4-5,10,13H,6-9,11-12,19H2,1-3H3. The van der Waals surface area contributed by atoms with E-state index >= 15 is 0 Å². The van der Waals surface area contributed by atoms with Crippen LogP contribution in [-0.4, -0.2) is 37.0 Å². The highest BCUT2D eigenvalue weighted by atomic mass is 16.2. The minimum atomic E-state index is -0.00486. The summed E-state index contributed by atoms with van der Waals surface area (Å²) in [7, 11) is 0. The first-order valence-corrected chi connectivity index (χ1v) is 8.29. The van der Waals surface area contributed by atoms with Gasteiger partial charge in [-0.2, -0.15) is 0 Å². The van der Waals surface area contributed by atoms with Gasteiger partial charge in [-0.15, -0.1) is 0 Å². The van der Waals surface area contributed by atoms with Crippen LogP contribution in [0, 0.1) is 5.92 Å². The number of fused-ring (bicyclic) bond motifs is 1. The van der Waals surface area contributed by atoms with Crippen molar-refractivity contribution in [2.45, 2.75) is 39.0 Å². The third-order valence-corrected chi connectivity index (χ3v) is 5.13. The largest absolute Gasteiger partial charge is 0.399 e. The maximum Gasteiger partial charge on any atom is 0.241 e. The summed E-state index contributed by atoms with van der Waals surface area (Å²) in [6.45, 7) is 10.0. The number of nitrogens with two attached hydrogens (primary N) is 1. The average Bonchev–Trinajstić information content (AvgIpc) is 2.72. The third-order valence-electron chi connectivity index (χ3n) is 5.13. The lowest BCUT2D eigenvalue weighted by atomic mass is 9.87. The van der Waals surface area contributed by atoms with Gasteiger partial charge >= 0.3 is 0 Å². The Morgan fingerprint density at radius 2 is 2.00 bits per heavy atom. The average molecular weight is 301 g/mol. The van der Waals surface area contributed by atoms with E-state index in [1.807, 2.05) is 17.0 Å². The molecular weight excluding hydrogens is 274 g/mol. The van der Waals surface area contributed by atoms with Crippen LogP contribution in [0.4, 0.5) is 11.4 Å². The number of hydrogen-bond donors (Lipinski definition) is 1. The third kappa shape index (κ3) is 2.84. The normalized spacial score (nSPS) is 21.9. The molecule has 120 valence electrons. The number of likely N-dealkylation sites (tertiary alicyclic amines) is 1. The van der Waals surface area contributed by atoms with E-state index in [1.165, 1.54) is 18.4 Å². The molecule has 0 atom stereocenters. The van der Waals surface area contributed by atoms with Gasteiger partial charge < -0.3 is 10.6 Å². The second-order valence-electron chi connectivity index (χ2n) is 7.60. The molecule has 1 aromatic carbocycles. The lowest BCUT2D eigenvalue weighted by molar-refractivity contribution is -0.120. The molecule has 3 rings (SSSR count). The lowest BCUT2D eigenvalue weighted by Crippen LogP contribution is -2.44. The van der Waals surface area contributed by atoms with Crippen LogP contribution in [0.15, 0.2) is 18.2 Å². The molecule has 2 N–H and O–H groups in total. The van der Waals surface area contributed by atoms with Crippen molar-refractivity contribution in [2.24, 2.45) is 5.92 Å². The monoisotopic (exact) mass is 301 g/mol. The molecule has 0 radical (unpaired) electrons. The van der Waals surface area contributed by atoms with Crippen LogP contribution in [-0.2, 0) is 10.2 Å². The van der Waals surface area contributed by atoms with Gasteiger partial charge in [0.25, 0.3) is 0 Å². The fraction of sp³-hybridized carbons (Fsp3) is 0.611. The maximum atomic E-state index is 12.8. The van der Waals surface area contributed by atoms with Crippen LogP contribution in [0.3, 0.4) is 0 Å². The van der Waals surface area contributed by atoms with Crippen LogP contribution in [0.25, 0.3) is 0 Å². The molecule has 2 aliphatic rings. The highest BCUT2D eigenvalue weighted by molar-refractivity contribution is 5.98. The molecule has 0 aliphatic carbocycles. The fourth-order valence-corrected chi connectivity index (χ4v) is 3.63. The molecule has 0 spiro atoms. The predicted octanol–water partition coefficient (Wildman–Crippen LogP) is 2.62. The Morgan fingerprint density at radius 3 is 2.68 bits per heavy atom. The van der Waals surface area contributed by atoms with Crippen molar-refractivity contribution in [2.75, 3.05) is 36.8 Å². The molecule has 0 unspecified atom stereocenters. The highest BCUT2D eigenvalue weighted by Crippen LogP contribution is 2.41. The lowest BCUT2D eigenvalue weighted by Gasteiger charge is -2.31. The van der Waals surface area contributed by atoms with Gasteiger partial charge in [-0.25, -0.2) is 0 Å². The molecule has 2 aliphatic heterocycles. The van der Waals surface area contributed by atoms with E-state index in [-0.39, 0.29) is 11.3 Å². The SMILES string of the molecule is CC1CCN(CC(=O)N2CC(C)(C)c3ccc(N)cc32)CC1. The summed E-state index contributed by atoms with van der Waals surface area (Å²) in [6.07, 6.45) is 2.39. The number of hydrogen-bond acceptors (Lipinski definition) is 3. The number of nitrogens with zero attached hydrogens (tertiary/aromatic N) is 2. The smallest absolute Gasteiger partial charge is 0.241 e. The quantitative estimate of drug-likeness (QED) is 0.854. The van der Waals surface area contributed by atoms with Crippen LogP contribution >= 0.6 is 0 Å². The Labute approximate surface area is 133 Å². The van der Waals surface area contributed by atoms with Crippen LogP contribution in [0.1, 0.15) is 39.2 Å². The summed E-state index contributed by atoms with van der Waals surface area (Å²) in [5.41, 5.74) is 8.88. The summed E-state index contributed by atoms with van der Waals surface area (Å²) in [6, 6.07) is 5.95. The van der Waals surface area contributed by atoms with E-state index in [9.17, 15) is 4.79 Å². The van der Waals surface area contributed by atoms with Crippen molar-refractivity contribution >= 4 is 17.3 Å². The Balaban J connectivity index is 1.76. The summed E-state index contributed by atoms with van der Waals surface area (Å²) >= 11 is 0. The number of nitrogen functional groups attached to an aromatic ring is 1. The van der Waals surface area contributed by atoms with Gasteiger partial charge in [-0.3, -0.25) is 9.69 Å². The van der Waals surface area contributed by atoms with Gasteiger partial charge in [0.1, 0.15) is 0 Å². The number of anilines is 2. The molecular formula is C18H27N3O. The molecule has 1 aromatic rings. The van der Waals surface area contributed by atoms with Gasteiger partial charge in [0.05, 0.1) is 6.54 Å². The molecule has 0 bridgehead atoms. The molecule has 0 aromatic heterocycles. The van der Waals surface area contributed by atoms with Gasteiger partial charge in [-0.05, 0) is 49.5 Å². The molecule has 4 nitrogen and oxygen atoms in total. The van der Waals surface area contributed by atoms with E-state index < -0.39 is 0 Å². The zero-order valence-electron chi connectivity index (χ0n) is 13.9. The summed E-state index contributed by atoms with van der Waals surface area (Å²) in [5.74, 6) is 0.990. The first-order valence-electron chi connectivity index (χ1n) is 8.29. The van der Waals surface area contributed by atoms with Crippen molar-refractivity contribution in [1.82, 2.24) is 4.90 Å². The Morgan fingerprint density at radius 1 is 1.32 bits per heavy atom. The second kappa shape index (κ2) is 5.58. The zero-order valence-corrected chi connectivity index (χ0v) is 13.9. The summed E-state index contributed by atoms with van der Waals surface area (Å²) in [4.78, 5) is 17.0. The second-order valence-corrected chi connectivity index (χ2v) is 7.60. The Hall–Kier alpha value is -1.55. The van der Waals surface area contributed by atoms with E-state index in [2.05, 4.69) is 31.7 Å².